The Kier molecular flexibility index (Phi) is 5.63. The van der Waals surface area contributed by atoms with E-state index in [1.54, 1.807) is 0 Å². The maximum absolute atomic E-state index is 6.11. The molecule has 1 heterocycles. The molecule has 1 aliphatic rings. The maximum atomic E-state index is 6.11. The van der Waals surface area contributed by atoms with Crippen LogP contribution in [0.2, 0.25) is 0 Å². The third kappa shape index (κ3) is 5.68. The second-order valence-electron chi connectivity index (χ2n) is 7.10. The van der Waals surface area contributed by atoms with Crippen LogP contribution >= 0.6 is 0 Å². The summed E-state index contributed by atoms with van der Waals surface area (Å²) in [7, 11) is 0. The molecule has 0 aromatic carbocycles. The molecule has 1 unspecified atom stereocenters. The summed E-state index contributed by atoms with van der Waals surface area (Å²) in [5.74, 6) is 0.696. The molecule has 3 heteroatoms. The van der Waals surface area contributed by atoms with Crippen molar-refractivity contribution in [2.45, 2.75) is 59.2 Å². The Morgan fingerprint density at radius 3 is 2.22 bits per heavy atom. The molecule has 0 spiro atoms. The van der Waals surface area contributed by atoms with E-state index < -0.39 is 0 Å². The van der Waals surface area contributed by atoms with Crippen molar-refractivity contribution in [1.29, 1.82) is 0 Å². The first-order chi connectivity index (χ1) is 8.24. The van der Waals surface area contributed by atoms with Crippen LogP contribution < -0.4 is 5.32 Å². The minimum Gasteiger partial charge on any atom is -0.367 e. The van der Waals surface area contributed by atoms with Gasteiger partial charge in [0.15, 0.2) is 0 Å². The summed E-state index contributed by atoms with van der Waals surface area (Å²) in [4.78, 5) is 2.56. The van der Waals surface area contributed by atoms with Crippen LogP contribution in [0.5, 0.6) is 0 Å². The van der Waals surface area contributed by atoms with Crippen molar-refractivity contribution < 1.29 is 4.74 Å². The van der Waals surface area contributed by atoms with Crippen molar-refractivity contribution in [2.24, 2.45) is 5.92 Å². The molecule has 0 amide bonds. The predicted molar refractivity (Wildman–Crippen MR) is 78.0 cm³/mol. The predicted octanol–water partition coefficient (Wildman–Crippen LogP) is 2.51. The summed E-state index contributed by atoms with van der Waals surface area (Å²) in [6.07, 6.45) is 1.21. The quantitative estimate of drug-likeness (QED) is 0.739. The number of hydrogen-bond acceptors (Lipinski definition) is 3. The molecule has 0 saturated carbocycles. The highest BCUT2D eigenvalue weighted by Gasteiger charge is 2.38. The van der Waals surface area contributed by atoms with E-state index in [9.17, 15) is 0 Å². The molecule has 18 heavy (non-hydrogen) atoms. The number of hydrogen-bond donors (Lipinski definition) is 1. The third-order valence-electron chi connectivity index (χ3n) is 3.25. The van der Waals surface area contributed by atoms with Crippen LogP contribution in [-0.4, -0.2) is 48.8 Å². The van der Waals surface area contributed by atoms with E-state index >= 15 is 0 Å². The van der Waals surface area contributed by atoms with Crippen LogP contribution in [0.1, 0.15) is 48.0 Å². The van der Waals surface area contributed by atoms with E-state index in [0.29, 0.717) is 5.92 Å². The standard InChI is InChI=1S/C15H32N2O/c1-7-8-16-9-13(2)10-17-11-14(3,4)18-15(5,6)12-17/h13,16H,7-12H2,1-6H3. The summed E-state index contributed by atoms with van der Waals surface area (Å²) in [5, 5.41) is 3.51. The Balaban J connectivity index is 2.41. The normalized spacial score (nSPS) is 25.0. The fourth-order valence-corrected chi connectivity index (χ4v) is 3.11. The lowest BCUT2D eigenvalue weighted by Crippen LogP contribution is -2.58. The van der Waals surface area contributed by atoms with Crippen molar-refractivity contribution in [3.63, 3.8) is 0 Å². The number of nitrogens with zero attached hydrogens (tertiary/aromatic N) is 1. The highest BCUT2D eigenvalue weighted by Crippen LogP contribution is 2.28. The van der Waals surface area contributed by atoms with Gasteiger partial charge in [-0.15, -0.1) is 0 Å². The van der Waals surface area contributed by atoms with E-state index in [1.165, 1.54) is 6.42 Å². The minimum atomic E-state index is -0.0294. The number of nitrogens with one attached hydrogen (secondary N) is 1. The summed E-state index contributed by atoms with van der Waals surface area (Å²) in [6, 6.07) is 0. The Labute approximate surface area is 113 Å². The SMILES string of the molecule is CCCNCC(C)CN1CC(C)(C)OC(C)(C)C1. The molecule has 1 N–H and O–H groups in total. The van der Waals surface area contributed by atoms with Gasteiger partial charge in [0.05, 0.1) is 11.2 Å². The van der Waals surface area contributed by atoms with Gasteiger partial charge in [0.25, 0.3) is 0 Å². The van der Waals surface area contributed by atoms with Gasteiger partial charge in [-0.3, -0.25) is 4.90 Å². The summed E-state index contributed by atoms with van der Waals surface area (Å²) in [5.41, 5.74) is -0.0589. The minimum absolute atomic E-state index is 0.0294. The molecule has 0 aromatic rings. The molecule has 3 nitrogen and oxygen atoms in total. The van der Waals surface area contributed by atoms with Crippen LogP contribution in [0.15, 0.2) is 0 Å². The second-order valence-corrected chi connectivity index (χ2v) is 7.10. The molecule has 0 radical (unpaired) electrons. The van der Waals surface area contributed by atoms with Crippen LogP contribution in [0, 0.1) is 5.92 Å². The van der Waals surface area contributed by atoms with Gasteiger partial charge in [-0.05, 0) is 53.1 Å². The smallest absolute Gasteiger partial charge is 0.0760 e. The van der Waals surface area contributed by atoms with Crippen LogP contribution in [0.3, 0.4) is 0 Å². The van der Waals surface area contributed by atoms with Gasteiger partial charge in [0.1, 0.15) is 0 Å². The molecule has 1 saturated heterocycles. The summed E-state index contributed by atoms with van der Waals surface area (Å²) in [6.45, 7) is 18.8. The molecule has 108 valence electrons. The highest BCUT2D eigenvalue weighted by atomic mass is 16.5. The first kappa shape index (κ1) is 15.9. The molecule has 0 aromatic heterocycles. The zero-order valence-electron chi connectivity index (χ0n) is 13.2. The molecule has 1 fully saturated rings. The zero-order chi connectivity index (χ0) is 13.8. The van der Waals surface area contributed by atoms with Gasteiger partial charge in [-0.2, -0.15) is 0 Å². The molecule has 0 bridgehead atoms. The van der Waals surface area contributed by atoms with Gasteiger partial charge < -0.3 is 10.1 Å². The molecule has 1 aliphatic heterocycles. The third-order valence-corrected chi connectivity index (χ3v) is 3.25. The van der Waals surface area contributed by atoms with Gasteiger partial charge in [0, 0.05) is 19.6 Å². The average Bonchev–Trinajstić information content (AvgIpc) is 2.12. The lowest BCUT2D eigenvalue weighted by Gasteiger charge is -2.47. The van der Waals surface area contributed by atoms with Crippen LogP contribution in [0.4, 0.5) is 0 Å². The van der Waals surface area contributed by atoms with E-state index in [0.717, 1.165) is 32.7 Å². The van der Waals surface area contributed by atoms with E-state index in [2.05, 4.69) is 51.8 Å². The molecule has 0 aliphatic carbocycles. The monoisotopic (exact) mass is 256 g/mol. The first-order valence-corrected chi connectivity index (χ1v) is 7.37. The fourth-order valence-electron chi connectivity index (χ4n) is 3.11. The van der Waals surface area contributed by atoms with Crippen molar-refractivity contribution in [1.82, 2.24) is 10.2 Å². The Bertz CT molecular complexity index is 235. The number of morpholine rings is 1. The van der Waals surface area contributed by atoms with Crippen molar-refractivity contribution >= 4 is 0 Å². The molecular weight excluding hydrogens is 224 g/mol. The first-order valence-electron chi connectivity index (χ1n) is 7.37. The van der Waals surface area contributed by atoms with Crippen LogP contribution in [-0.2, 0) is 4.74 Å². The van der Waals surface area contributed by atoms with E-state index in [1.807, 2.05) is 0 Å². The molecule has 1 rings (SSSR count). The second kappa shape index (κ2) is 6.36. The van der Waals surface area contributed by atoms with Crippen LogP contribution in [0.25, 0.3) is 0 Å². The zero-order valence-corrected chi connectivity index (χ0v) is 13.2. The number of ether oxygens (including phenoxy) is 1. The molecular formula is C15H32N2O. The largest absolute Gasteiger partial charge is 0.367 e. The Morgan fingerprint density at radius 2 is 1.72 bits per heavy atom. The van der Waals surface area contributed by atoms with E-state index in [4.69, 9.17) is 4.74 Å². The number of rotatable bonds is 6. The summed E-state index contributed by atoms with van der Waals surface area (Å²) < 4.78 is 6.11. The van der Waals surface area contributed by atoms with Crippen molar-refractivity contribution in [3.8, 4) is 0 Å². The Hall–Kier alpha value is -0.120. The van der Waals surface area contributed by atoms with Gasteiger partial charge in [-0.1, -0.05) is 13.8 Å². The maximum Gasteiger partial charge on any atom is 0.0760 e. The van der Waals surface area contributed by atoms with Gasteiger partial charge in [-0.25, -0.2) is 0 Å². The van der Waals surface area contributed by atoms with Gasteiger partial charge >= 0.3 is 0 Å². The fraction of sp³-hybridized carbons (Fsp3) is 1.00. The van der Waals surface area contributed by atoms with E-state index in [-0.39, 0.29) is 11.2 Å². The van der Waals surface area contributed by atoms with Crippen molar-refractivity contribution in [3.05, 3.63) is 0 Å². The average molecular weight is 256 g/mol. The van der Waals surface area contributed by atoms with Crippen molar-refractivity contribution in [2.75, 3.05) is 32.7 Å². The summed E-state index contributed by atoms with van der Waals surface area (Å²) >= 11 is 0. The topological polar surface area (TPSA) is 24.5 Å². The lowest BCUT2D eigenvalue weighted by atomic mass is 9.98. The highest BCUT2D eigenvalue weighted by molar-refractivity contribution is 4.89. The Morgan fingerprint density at radius 1 is 1.17 bits per heavy atom. The molecule has 1 atom stereocenters. The van der Waals surface area contributed by atoms with Gasteiger partial charge in [0.2, 0.25) is 0 Å². The lowest BCUT2D eigenvalue weighted by molar-refractivity contribution is -0.181.